The van der Waals surface area contributed by atoms with Crippen molar-refractivity contribution in [3.8, 4) is 0 Å². The van der Waals surface area contributed by atoms with Gasteiger partial charge in [0, 0.05) is 13.5 Å². The van der Waals surface area contributed by atoms with Gasteiger partial charge in [-0.05, 0) is 11.1 Å². The summed E-state index contributed by atoms with van der Waals surface area (Å²) in [6.45, 7) is 7.91. The van der Waals surface area contributed by atoms with Crippen molar-refractivity contribution in [3.05, 3.63) is 12.7 Å². The molecule has 0 aromatic rings. The highest BCUT2D eigenvalue weighted by Gasteiger charge is 2.06. The van der Waals surface area contributed by atoms with E-state index in [0.29, 0.717) is 24.8 Å². The highest BCUT2D eigenvalue weighted by atomic mass is 16.7. The first kappa shape index (κ1) is 13.5. The summed E-state index contributed by atoms with van der Waals surface area (Å²) in [6, 6.07) is 0. The van der Waals surface area contributed by atoms with E-state index in [1.807, 2.05) is 13.8 Å². The van der Waals surface area contributed by atoms with E-state index in [2.05, 4.69) is 21.9 Å². The Bertz CT molecular complexity index is 237. The zero-order chi connectivity index (χ0) is 11.7. The molecule has 1 N–H and O–H groups in total. The lowest BCUT2D eigenvalue weighted by Gasteiger charge is -2.08. The second kappa shape index (κ2) is 7.84. The number of carbonyl (C=O) groups excluding carboxylic acids is 1. The Morgan fingerprint density at radius 3 is 2.73 bits per heavy atom. The number of amides is 1. The molecule has 0 unspecified atom stereocenters. The topological polar surface area (TPSA) is 59.9 Å². The third-order valence-corrected chi connectivity index (χ3v) is 1.39. The Hall–Kier alpha value is -1.52. The van der Waals surface area contributed by atoms with Crippen molar-refractivity contribution < 1.29 is 14.4 Å². The van der Waals surface area contributed by atoms with Gasteiger partial charge in [-0.25, -0.2) is 4.79 Å². The monoisotopic (exact) mass is 214 g/mol. The van der Waals surface area contributed by atoms with E-state index < -0.39 is 6.09 Å². The SMILES string of the molecule is C=CCOC(CC(C)C)=NOC(=O)NC. The van der Waals surface area contributed by atoms with Crippen molar-refractivity contribution in [2.75, 3.05) is 13.7 Å². The van der Waals surface area contributed by atoms with Gasteiger partial charge in [0.2, 0.25) is 5.90 Å². The van der Waals surface area contributed by atoms with E-state index >= 15 is 0 Å². The van der Waals surface area contributed by atoms with Crippen LogP contribution in [-0.2, 0) is 9.57 Å². The van der Waals surface area contributed by atoms with Crippen molar-refractivity contribution in [2.24, 2.45) is 11.1 Å². The van der Waals surface area contributed by atoms with Crippen molar-refractivity contribution >= 4 is 12.0 Å². The molecule has 0 atom stereocenters. The smallest absolute Gasteiger partial charge is 0.433 e. The van der Waals surface area contributed by atoms with Gasteiger partial charge in [0.1, 0.15) is 6.61 Å². The van der Waals surface area contributed by atoms with Gasteiger partial charge in [-0.2, -0.15) is 0 Å². The molecule has 15 heavy (non-hydrogen) atoms. The van der Waals surface area contributed by atoms with Gasteiger partial charge < -0.3 is 10.1 Å². The highest BCUT2D eigenvalue weighted by Crippen LogP contribution is 2.03. The Morgan fingerprint density at radius 1 is 1.60 bits per heavy atom. The van der Waals surface area contributed by atoms with E-state index in [1.165, 1.54) is 7.05 Å². The Balaban J connectivity index is 4.19. The molecule has 0 spiro atoms. The molecule has 0 aliphatic heterocycles. The van der Waals surface area contributed by atoms with Crippen LogP contribution in [0.2, 0.25) is 0 Å². The lowest BCUT2D eigenvalue weighted by molar-refractivity contribution is 0.146. The van der Waals surface area contributed by atoms with Gasteiger partial charge >= 0.3 is 6.09 Å². The van der Waals surface area contributed by atoms with Crippen molar-refractivity contribution in [3.63, 3.8) is 0 Å². The van der Waals surface area contributed by atoms with Crippen LogP contribution in [-0.4, -0.2) is 25.6 Å². The zero-order valence-electron chi connectivity index (χ0n) is 9.45. The summed E-state index contributed by atoms with van der Waals surface area (Å²) in [6.07, 6.45) is 1.61. The molecule has 0 radical (unpaired) electrons. The van der Waals surface area contributed by atoms with Crippen molar-refractivity contribution in [1.29, 1.82) is 0 Å². The molecule has 0 saturated carbocycles. The maximum absolute atomic E-state index is 10.8. The molecular formula is C10H18N2O3. The number of carbonyl (C=O) groups is 1. The summed E-state index contributed by atoms with van der Waals surface area (Å²) in [7, 11) is 1.46. The van der Waals surface area contributed by atoms with E-state index in [-0.39, 0.29) is 0 Å². The minimum absolute atomic E-state index is 0.350. The van der Waals surface area contributed by atoms with Gasteiger partial charge in [0.15, 0.2) is 0 Å². The summed E-state index contributed by atoms with van der Waals surface area (Å²) in [5, 5.41) is 5.89. The lowest BCUT2D eigenvalue weighted by Crippen LogP contribution is -2.18. The number of nitrogens with one attached hydrogen (secondary N) is 1. The highest BCUT2D eigenvalue weighted by molar-refractivity contribution is 5.77. The predicted molar refractivity (Wildman–Crippen MR) is 58.6 cm³/mol. The molecule has 0 saturated heterocycles. The van der Waals surface area contributed by atoms with E-state index in [1.54, 1.807) is 6.08 Å². The summed E-state index contributed by atoms with van der Waals surface area (Å²) in [4.78, 5) is 15.3. The number of hydrogen-bond acceptors (Lipinski definition) is 4. The standard InChI is InChI=1S/C10H18N2O3/c1-5-6-14-9(7-8(2)3)12-15-10(13)11-4/h5,8H,1,6-7H2,2-4H3,(H,11,13). The third-order valence-electron chi connectivity index (χ3n) is 1.39. The van der Waals surface area contributed by atoms with Gasteiger partial charge in [0.05, 0.1) is 0 Å². The third kappa shape index (κ3) is 7.54. The maximum Gasteiger partial charge on any atom is 0.433 e. The quantitative estimate of drug-likeness (QED) is 0.250. The number of ether oxygens (including phenoxy) is 1. The first-order valence-corrected chi connectivity index (χ1v) is 4.79. The van der Waals surface area contributed by atoms with Crippen LogP contribution in [0.5, 0.6) is 0 Å². The molecule has 5 nitrogen and oxygen atoms in total. The van der Waals surface area contributed by atoms with Crippen LogP contribution in [0.4, 0.5) is 4.79 Å². The van der Waals surface area contributed by atoms with Crippen LogP contribution in [0.25, 0.3) is 0 Å². The molecule has 0 aliphatic rings. The molecule has 1 amide bonds. The average Bonchev–Trinajstić information content (AvgIpc) is 2.20. The van der Waals surface area contributed by atoms with E-state index in [0.717, 1.165) is 0 Å². The lowest BCUT2D eigenvalue weighted by atomic mass is 10.1. The van der Waals surface area contributed by atoms with Crippen LogP contribution in [0.1, 0.15) is 20.3 Å². The minimum Gasteiger partial charge on any atom is -0.474 e. The second-order valence-electron chi connectivity index (χ2n) is 3.31. The van der Waals surface area contributed by atoms with Crippen molar-refractivity contribution in [2.45, 2.75) is 20.3 Å². The van der Waals surface area contributed by atoms with Gasteiger partial charge in [0.25, 0.3) is 0 Å². The number of rotatable bonds is 5. The normalized spacial score (nSPS) is 11.1. The Kier molecular flexibility index (Phi) is 7.05. The van der Waals surface area contributed by atoms with Crippen LogP contribution in [0.3, 0.4) is 0 Å². The molecule has 0 rings (SSSR count). The molecule has 5 heteroatoms. The fraction of sp³-hybridized carbons (Fsp3) is 0.600. The van der Waals surface area contributed by atoms with Crippen LogP contribution in [0.15, 0.2) is 17.8 Å². The van der Waals surface area contributed by atoms with Crippen LogP contribution in [0, 0.1) is 5.92 Å². The van der Waals surface area contributed by atoms with Gasteiger partial charge in [-0.15, -0.1) is 0 Å². The van der Waals surface area contributed by atoms with Crippen LogP contribution < -0.4 is 5.32 Å². The molecule has 0 bridgehead atoms. The summed E-state index contributed by atoms with van der Waals surface area (Å²) >= 11 is 0. The fourth-order valence-electron chi connectivity index (χ4n) is 0.765. The van der Waals surface area contributed by atoms with Crippen molar-refractivity contribution in [1.82, 2.24) is 5.32 Å². The fourth-order valence-corrected chi connectivity index (χ4v) is 0.765. The largest absolute Gasteiger partial charge is 0.474 e. The molecule has 0 fully saturated rings. The van der Waals surface area contributed by atoms with Gasteiger partial charge in [-0.3, -0.25) is 4.84 Å². The Labute approximate surface area is 90.1 Å². The van der Waals surface area contributed by atoms with Crippen LogP contribution >= 0.6 is 0 Å². The zero-order valence-corrected chi connectivity index (χ0v) is 9.45. The van der Waals surface area contributed by atoms with E-state index in [9.17, 15) is 4.79 Å². The molecule has 0 aliphatic carbocycles. The van der Waals surface area contributed by atoms with Gasteiger partial charge in [-0.1, -0.05) is 26.5 Å². The summed E-state index contributed by atoms with van der Waals surface area (Å²) in [5.41, 5.74) is 0. The molecule has 0 aromatic heterocycles. The maximum atomic E-state index is 10.8. The average molecular weight is 214 g/mol. The molecule has 0 heterocycles. The summed E-state index contributed by atoms with van der Waals surface area (Å²) < 4.78 is 5.22. The molecular weight excluding hydrogens is 196 g/mol. The number of oxime groups is 1. The first-order valence-electron chi connectivity index (χ1n) is 4.79. The van der Waals surface area contributed by atoms with E-state index in [4.69, 9.17) is 4.74 Å². The number of nitrogens with zero attached hydrogens (tertiary/aromatic N) is 1. The minimum atomic E-state index is -0.613. The predicted octanol–water partition coefficient (Wildman–Crippen LogP) is 1.90. The number of hydrogen-bond donors (Lipinski definition) is 1. The first-order chi connectivity index (χ1) is 7.10. The molecule has 86 valence electrons. The molecule has 0 aromatic carbocycles. The Morgan fingerprint density at radius 2 is 2.27 bits per heavy atom. The second-order valence-corrected chi connectivity index (χ2v) is 3.31. The summed E-state index contributed by atoms with van der Waals surface area (Å²) in [5.74, 6) is 0.773.